The van der Waals surface area contributed by atoms with Crippen molar-refractivity contribution in [2.24, 2.45) is 11.8 Å². The van der Waals surface area contributed by atoms with Gasteiger partial charge >= 0.3 is 0 Å². The molecule has 1 aliphatic heterocycles. The lowest BCUT2D eigenvalue weighted by molar-refractivity contribution is -0.119. The van der Waals surface area contributed by atoms with Crippen molar-refractivity contribution < 1.29 is 18.3 Å². The first kappa shape index (κ1) is 22.3. The van der Waals surface area contributed by atoms with E-state index in [9.17, 15) is 13.6 Å². The Kier molecular flexibility index (Phi) is 7.66. The number of hydrogen-bond acceptors (Lipinski definition) is 6. The van der Waals surface area contributed by atoms with E-state index in [0.717, 1.165) is 56.2 Å². The van der Waals surface area contributed by atoms with Crippen molar-refractivity contribution in [3.63, 3.8) is 0 Å². The summed E-state index contributed by atoms with van der Waals surface area (Å²) in [5, 5.41) is 0.368. The van der Waals surface area contributed by atoms with Crippen LogP contribution in [0.5, 0.6) is 5.19 Å². The molecule has 2 aliphatic rings. The SMILES string of the molecule is O=C(Cc1cnc[nH]1)CC1CCC(CCN2CCc3sc(OCC(F)F)nc3C2)CC1. The molecule has 0 bridgehead atoms. The normalized spacial score (nSPS) is 21.9. The minimum atomic E-state index is -2.47. The molecule has 1 fully saturated rings. The highest BCUT2D eigenvalue weighted by Crippen LogP contribution is 2.34. The number of ketones is 1. The number of thiazole rings is 1. The van der Waals surface area contributed by atoms with Crippen LogP contribution in [-0.2, 0) is 24.2 Å². The summed E-state index contributed by atoms with van der Waals surface area (Å²) in [4.78, 5) is 27.2. The molecule has 6 nitrogen and oxygen atoms in total. The molecule has 0 unspecified atom stereocenters. The maximum atomic E-state index is 12.3. The fourth-order valence-electron chi connectivity index (χ4n) is 4.69. The quantitative estimate of drug-likeness (QED) is 0.583. The van der Waals surface area contributed by atoms with Crippen molar-refractivity contribution in [1.82, 2.24) is 19.9 Å². The minimum absolute atomic E-state index is 0.303. The molecule has 4 rings (SSSR count). The van der Waals surface area contributed by atoms with Gasteiger partial charge in [0.1, 0.15) is 5.78 Å². The Bertz CT molecular complexity index is 835. The van der Waals surface area contributed by atoms with Gasteiger partial charge in [-0.05, 0) is 44.1 Å². The molecule has 0 spiro atoms. The zero-order chi connectivity index (χ0) is 21.6. The molecule has 1 aliphatic carbocycles. The Morgan fingerprint density at radius 2 is 2.10 bits per heavy atom. The van der Waals surface area contributed by atoms with Crippen LogP contribution in [0.2, 0.25) is 0 Å². The first-order valence-corrected chi connectivity index (χ1v) is 12.0. The van der Waals surface area contributed by atoms with Gasteiger partial charge in [0.15, 0.2) is 6.61 Å². The van der Waals surface area contributed by atoms with Gasteiger partial charge in [0, 0.05) is 42.7 Å². The summed E-state index contributed by atoms with van der Waals surface area (Å²) in [7, 11) is 0. The van der Waals surface area contributed by atoms with Gasteiger partial charge in [-0.2, -0.15) is 0 Å². The second-order valence-electron chi connectivity index (χ2n) is 8.75. The molecule has 0 aromatic carbocycles. The summed E-state index contributed by atoms with van der Waals surface area (Å²) in [6, 6.07) is 0. The first-order chi connectivity index (χ1) is 15.0. The lowest BCUT2D eigenvalue weighted by Crippen LogP contribution is -2.32. The zero-order valence-corrected chi connectivity index (χ0v) is 18.5. The number of alkyl halides is 2. The molecule has 31 heavy (non-hydrogen) atoms. The number of fused-ring (bicyclic) bond motifs is 1. The van der Waals surface area contributed by atoms with E-state index in [-0.39, 0.29) is 0 Å². The second kappa shape index (κ2) is 10.6. The molecule has 0 amide bonds. The van der Waals surface area contributed by atoms with E-state index in [2.05, 4.69) is 19.9 Å². The lowest BCUT2D eigenvalue weighted by Gasteiger charge is -2.31. The van der Waals surface area contributed by atoms with Crippen LogP contribution < -0.4 is 4.74 Å². The Morgan fingerprint density at radius 3 is 2.84 bits per heavy atom. The summed E-state index contributed by atoms with van der Waals surface area (Å²) in [6.45, 7) is 2.22. The van der Waals surface area contributed by atoms with Crippen LogP contribution >= 0.6 is 11.3 Å². The maximum absolute atomic E-state index is 12.3. The predicted octanol–water partition coefficient (Wildman–Crippen LogP) is 4.27. The summed E-state index contributed by atoms with van der Waals surface area (Å²) in [6.07, 6.45) is 8.77. The number of rotatable bonds is 10. The molecule has 2 aromatic heterocycles. The Morgan fingerprint density at radius 1 is 1.29 bits per heavy atom. The van der Waals surface area contributed by atoms with E-state index in [0.29, 0.717) is 29.7 Å². The third kappa shape index (κ3) is 6.55. The number of aromatic amines is 1. The molecule has 0 atom stereocenters. The van der Waals surface area contributed by atoms with E-state index < -0.39 is 13.0 Å². The van der Waals surface area contributed by atoms with E-state index in [1.54, 1.807) is 12.5 Å². The fourth-order valence-corrected chi connectivity index (χ4v) is 5.61. The number of ether oxygens (including phenoxy) is 1. The van der Waals surface area contributed by atoms with Gasteiger partial charge in [0.25, 0.3) is 11.6 Å². The molecule has 1 saturated carbocycles. The molecule has 3 heterocycles. The van der Waals surface area contributed by atoms with E-state index >= 15 is 0 Å². The maximum Gasteiger partial charge on any atom is 0.273 e. The van der Waals surface area contributed by atoms with Crippen molar-refractivity contribution >= 4 is 17.1 Å². The van der Waals surface area contributed by atoms with E-state index in [1.807, 2.05) is 0 Å². The summed E-state index contributed by atoms with van der Waals surface area (Å²) < 4.78 is 29.7. The fraction of sp³-hybridized carbons (Fsp3) is 0.682. The topological polar surface area (TPSA) is 71.1 Å². The molecular formula is C22H30F2N4O2S. The summed E-state index contributed by atoms with van der Waals surface area (Å²) >= 11 is 1.41. The third-order valence-electron chi connectivity index (χ3n) is 6.40. The number of halogens is 2. The molecule has 2 aromatic rings. The largest absolute Gasteiger partial charge is 0.464 e. The van der Waals surface area contributed by atoms with Crippen LogP contribution in [0.15, 0.2) is 12.5 Å². The Balaban J connectivity index is 1.15. The number of hydrogen-bond donors (Lipinski definition) is 1. The monoisotopic (exact) mass is 452 g/mol. The van der Waals surface area contributed by atoms with Crippen molar-refractivity contribution in [3.8, 4) is 5.19 Å². The van der Waals surface area contributed by atoms with Gasteiger partial charge in [-0.25, -0.2) is 18.7 Å². The van der Waals surface area contributed by atoms with Gasteiger partial charge in [0.05, 0.1) is 12.0 Å². The molecule has 170 valence electrons. The average Bonchev–Trinajstić information content (AvgIpc) is 3.40. The van der Waals surface area contributed by atoms with Gasteiger partial charge in [-0.3, -0.25) is 9.69 Å². The smallest absolute Gasteiger partial charge is 0.273 e. The Hall–Kier alpha value is -1.87. The minimum Gasteiger partial charge on any atom is -0.464 e. The predicted molar refractivity (Wildman–Crippen MR) is 115 cm³/mol. The van der Waals surface area contributed by atoms with Crippen LogP contribution in [0.4, 0.5) is 8.78 Å². The van der Waals surface area contributed by atoms with Gasteiger partial charge in [-0.15, -0.1) is 0 Å². The number of carbonyl (C=O) groups is 1. The van der Waals surface area contributed by atoms with Crippen molar-refractivity contribution in [1.29, 1.82) is 0 Å². The van der Waals surface area contributed by atoms with Crippen LogP contribution in [0.25, 0.3) is 0 Å². The third-order valence-corrected chi connectivity index (χ3v) is 7.47. The number of H-pyrrole nitrogens is 1. The number of carbonyl (C=O) groups excluding carboxylic acids is 1. The molecule has 0 saturated heterocycles. The van der Waals surface area contributed by atoms with E-state index in [4.69, 9.17) is 4.74 Å². The van der Waals surface area contributed by atoms with Crippen molar-refractivity contribution in [3.05, 3.63) is 28.8 Å². The van der Waals surface area contributed by atoms with Crippen molar-refractivity contribution in [2.75, 3.05) is 19.7 Å². The lowest BCUT2D eigenvalue weighted by atomic mass is 9.78. The number of imidazole rings is 1. The highest BCUT2D eigenvalue weighted by Gasteiger charge is 2.26. The summed E-state index contributed by atoms with van der Waals surface area (Å²) in [5.41, 5.74) is 1.89. The Labute approximate surface area is 185 Å². The first-order valence-electron chi connectivity index (χ1n) is 11.2. The summed E-state index contributed by atoms with van der Waals surface area (Å²) in [5.74, 6) is 1.54. The highest BCUT2D eigenvalue weighted by atomic mass is 32.1. The molecule has 1 N–H and O–H groups in total. The van der Waals surface area contributed by atoms with E-state index in [1.165, 1.54) is 35.5 Å². The number of nitrogens with one attached hydrogen (secondary N) is 1. The standard InChI is InChI=1S/C22H30F2N4O2S/c23-21(24)13-30-22-27-19-12-28(8-6-20(19)31-22)7-5-15-1-3-16(4-2-15)9-18(29)10-17-11-25-14-26-17/h11,14-16,21H,1-10,12-13H2,(H,25,26). The zero-order valence-electron chi connectivity index (χ0n) is 17.7. The molecule has 9 heteroatoms. The molecular weight excluding hydrogens is 422 g/mol. The van der Waals surface area contributed by atoms with Gasteiger partial charge < -0.3 is 9.72 Å². The van der Waals surface area contributed by atoms with Crippen LogP contribution in [0, 0.1) is 11.8 Å². The van der Waals surface area contributed by atoms with Crippen LogP contribution in [-0.4, -0.2) is 51.8 Å². The van der Waals surface area contributed by atoms with Gasteiger partial charge in [0.2, 0.25) is 0 Å². The van der Waals surface area contributed by atoms with Gasteiger partial charge in [-0.1, -0.05) is 24.2 Å². The van der Waals surface area contributed by atoms with Crippen molar-refractivity contribution in [2.45, 2.75) is 64.3 Å². The number of aromatic nitrogens is 3. The highest BCUT2D eigenvalue weighted by molar-refractivity contribution is 7.13. The van der Waals surface area contributed by atoms with Crippen LogP contribution in [0.3, 0.4) is 0 Å². The van der Waals surface area contributed by atoms with Crippen LogP contribution in [0.1, 0.15) is 54.8 Å². The number of Topliss-reactive ketones (excluding diaryl/α,β-unsaturated/α-hetero) is 1. The molecule has 0 radical (unpaired) electrons. The second-order valence-corrected chi connectivity index (χ2v) is 9.80. The average molecular weight is 453 g/mol. The number of nitrogens with zero attached hydrogens (tertiary/aromatic N) is 3.